The number of carbonyl (C=O) groups excluding carboxylic acids is 1. The van der Waals surface area contributed by atoms with Crippen molar-refractivity contribution in [2.75, 3.05) is 0 Å². The van der Waals surface area contributed by atoms with Gasteiger partial charge in [-0.2, -0.15) is 0 Å². The predicted molar refractivity (Wildman–Crippen MR) is 57.9 cm³/mol. The molecule has 1 heterocycles. The Hall–Kier alpha value is -1.71. The third kappa shape index (κ3) is 1.63. The average molecular weight is 203 g/mol. The molecule has 0 saturated carbocycles. The third-order valence-corrected chi connectivity index (χ3v) is 2.37. The van der Waals surface area contributed by atoms with Crippen LogP contribution in [0.3, 0.4) is 0 Å². The molecule has 1 aromatic heterocycles. The molecule has 0 spiro atoms. The van der Waals surface area contributed by atoms with E-state index in [2.05, 4.69) is 10.3 Å². The highest BCUT2D eigenvalue weighted by Crippen LogP contribution is 2.17. The number of hydrogen-bond acceptors (Lipinski definition) is 3. The normalized spacial score (nSPS) is 11.2. The van der Waals surface area contributed by atoms with E-state index in [1.165, 1.54) is 0 Å². The quantitative estimate of drug-likeness (QED) is 0.703. The summed E-state index contributed by atoms with van der Waals surface area (Å²) in [6, 6.07) is 5.76. The van der Waals surface area contributed by atoms with Crippen molar-refractivity contribution in [1.29, 1.82) is 0 Å². The molecule has 1 aromatic carbocycles. The van der Waals surface area contributed by atoms with Crippen molar-refractivity contribution in [2.45, 2.75) is 26.8 Å². The van der Waals surface area contributed by atoms with Gasteiger partial charge in [0.2, 0.25) is 0 Å². The lowest BCUT2D eigenvalue weighted by Gasteiger charge is -2.04. The third-order valence-electron chi connectivity index (χ3n) is 2.37. The summed E-state index contributed by atoms with van der Waals surface area (Å²) in [6.07, 6.45) is 0. The lowest BCUT2D eigenvalue weighted by Crippen LogP contribution is -2.02. The van der Waals surface area contributed by atoms with Crippen LogP contribution in [0.1, 0.15) is 37.2 Å². The molecule has 0 N–H and O–H groups in total. The van der Waals surface area contributed by atoms with Crippen molar-refractivity contribution in [1.82, 2.24) is 15.0 Å². The second-order valence-corrected chi connectivity index (χ2v) is 3.89. The number of carbonyl (C=O) groups is 1. The minimum atomic E-state index is 0.0518. The Labute approximate surface area is 87.9 Å². The van der Waals surface area contributed by atoms with Crippen LogP contribution in [-0.4, -0.2) is 20.8 Å². The Kier molecular flexibility index (Phi) is 2.26. The summed E-state index contributed by atoms with van der Waals surface area (Å²) < 4.78 is 1.85. The summed E-state index contributed by atoms with van der Waals surface area (Å²) in [7, 11) is 0. The van der Waals surface area contributed by atoms with Crippen LogP contribution in [0.4, 0.5) is 0 Å². The summed E-state index contributed by atoms with van der Waals surface area (Å²) in [5, 5.41) is 8.09. The zero-order chi connectivity index (χ0) is 11.0. The zero-order valence-electron chi connectivity index (χ0n) is 9.06. The number of aromatic nitrogens is 3. The van der Waals surface area contributed by atoms with Gasteiger partial charge in [0.25, 0.3) is 0 Å². The van der Waals surface area contributed by atoms with Crippen molar-refractivity contribution in [3.05, 3.63) is 23.8 Å². The van der Waals surface area contributed by atoms with E-state index in [0.29, 0.717) is 5.56 Å². The standard InChI is InChI=1S/C11H13N3O/c1-7(2)14-11-5-4-9(8(3)15)6-10(11)12-13-14/h4-7H,1-3H3. The molecule has 0 saturated heterocycles. The highest BCUT2D eigenvalue weighted by Gasteiger charge is 2.08. The molecule has 0 fully saturated rings. The SMILES string of the molecule is CC(=O)c1ccc2c(c1)nnn2C(C)C. The van der Waals surface area contributed by atoms with Gasteiger partial charge in [-0.05, 0) is 39.0 Å². The first-order valence-corrected chi connectivity index (χ1v) is 4.95. The Morgan fingerprint density at radius 2 is 2.13 bits per heavy atom. The summed E-state index contributed by atoms with van der Waals surface area (Å²) in [4.78, 5) is 11.2. The van der Waals surface area contributed by atoms with Gasteiger partial charge in [-0.1, -0.05) is 5.21 Å². The van der Waals surface area contributed by atoms with Gasteiger partial charge in [0.1, 0.15) is 5.52 Å². The number of ketones is 1. The molecule has 78 valence electrons. The molecule has 0 radical (unpaired) electrons. The maximum atomic E-state index is 11.2. The highest BCUT2D eigenvalue weighted by atomic mass is 16.1. The summed E-state index contributed by atoms with van der Waals surface area (Å²) >= 11 is 0. The fraction of sp³-hybridized carbons (Fsp3) is 0.364. The molecule has 0 aliphatic heterocycles. The maximum absolute atomic E-state index is 11.2. The second-order valence-electron chi connectivity index (χ2n) is 3.89. The van der Waals surface area contributed by atoms with Crippen molar-refractivity contribution in [3.63, 3.8) is 0 Å². The van der Waals surface area contributed by atoms with Crippen LogP contribution in [0.25, 0.3) is 11.0 Å². The van der Waals surface area contributed by atoms with Gasteiger partial charge in [-0.3, -0.25) is 4.79 Å². The topological polar surface area (TPSA) is 47.8 Å². The van der Waals surface area contributed by atoms with E-state index in [0.717, 1.165) is 11.0 Å². The van der Waals surface area contributed by atoms with Gasteiger partial charge in [0.15, 0.2) is 5.78 Å². The summed E-state index contributed by atoms with van der Waals surface area (Å²) in [5.74, 6) is 0.0518. The molecule has 4 heteroatoms. The summed E-state index contributed by atoms with van der Waals surface area (Å²) in [5.41, 5.74) is 2.42. The number of rotatable bonds is 2. The van der Waals surface area contributed by atoms with Crippen molar-refractivity contribution >= 4 is 16.8 Å². The van der Waals surface area contributed by atoms with Crippen molar-refractivity contribution < 1.29 is 4.79 Å². The second kappa shape index (κ2) is 3.46. The number of fused-ring (bicyclic) bond motifs is 1. The largest absolute Gasteiger partial charge is 0.295 e. The first-order chi connectivity index (χ1) is 7.09. The Balaban J connectivity index is 2.61. The minimum Gasteiger partial charge on any atom is -0.295 e. The number of benzene rings is 1. The molecule has 2 rings (SSSR count). The van der Waals surface area contributed by atoms with Crippen LogP contribution in [0.15, 0.2) is 18.2 Å². The lowest BCUT2D eigenvalue weighted by molar-refractivity contribution is 0.101. The number of Topliss-reactive ketones (excluding diaryl/α,β-unsaturated/α-hetero) is 1. The first kappa shape index (κ1) is 9.83. The first-order valence-electron chi connectivity index (χ1n) is 4.95. The van der Waals surface area contributed by atoms with E-state index in [9.17, 15) is 4.79 Å². The van der Waals surface area contributed by atoms with Gasteiger partial charge < -0.3 is 0 Å². The van der Waals surface area contributed by atoms with Gasteiger partial charge in [0, 0.05) is 11.6 Å². The number of hydrogen-bond donors (Lipinski definition) is 0. The Morgan fingerprint density at radius 3 is 2.73 bits per heavy atom. The molecule has 0 atom stereocenters. The van der Waals surface area contributed by atoms with Crippen LogP contribution in [0, 0.1) is 0 Å². The molecular formula is C11H13N3O. The van der Waals surface area contributed by atoms with Crippen molar-refractivity contribution in [3.8, 4) is 0 Å². The van der Waals surface area contributed by atoms with Gasteiger partial charge in [-0.25, -0.2) is 4.68 Å². The van der Waals surface area contributed by atoms with Crippen LogP contribution in [0.2, 0.25) is 0 Å². The molecule has 0 unspecified atom stereocenters. The molecule has 0 aliphatic carbocycles. The van der Waals surface area contributed by atoms with Crippen molar-refractivity contribution in [2.24, 2.45) is 0 Å². The Bertz CT molecular complexity index is 514. The fourth-order valence-corrected chi connectivity index (χ4v) is 1.54. The van der Waals surface area contributed by atoms with E-state index in [1.807, 2.05) is 30.7 Å². The van der Waals surface area contributed by atoms with E-state index < -0.39 is 0 Å². The average Bonchev–Trinajstić information content (AvgIpc) is 2.59. The maximum Gasteiger partial charge on any atom is 0.159 e. The van der Waals surface area contributed by atoms with Gasteiger partial charge in [0.05, 0.1) is 5.52 Å². The molecule has 0 aliphatic rings. The molecular weight excluding hydrogens is 190 g/mol. The zero-order valence-corrected chi connectivity index (χ0v) is 9.06. The van der Waals surface area contributed by atoms with Crippen LogP contribution in [0.5, 0.6) is 0 Å². The van der Waals surface area contributed by atoms with E-state index in [1.54, 1.807) is 13.0 Å². The van der Waals surface area contributed by atoms with Gasteiger partial charge >= 0.3 is 0 Å². The lowest BCUT2D eigenvalue weighted by atomic mass is 10.1. The molecule has 4 nitrogen and oxygen atoms in total. The van der Waals surface area contributed by atoms with E-state index >= 15 is 0 Å². The highest BCUT2D eigenvalue weighted by molar-refractivity contribution is 5.97. The minimum absolute atomic E-state index is 0.0518. The van der Waals surface area contributed by atoms with E-state index in [4.69, 9.17) is 0 Å². The summed E-state index contributed by atoms with van der Waals surface area (Å²) in [6.45, 7) is 5.65. The smallest absolute Gasteiger partial charge is 0.159 e. The van der Waals surface area contributed by atoms with E-state index in [-0.39, 0.29) is 11.8 Å². The van der Waals surface area contributed by atoms with Gasteiger partial charge in [-0.15, -0.1) is 5.10 Å². The Morgan fingerprint density at radius 1 is 1.40 bits per heavy atom. The molecule has 2 aromatic rings. The predicted octanol–water partition coefficient (Wildman–Crippen LogP) is 2.21. The van der Waals surface area contributed by atoms with Crippen LogP contribution in [-0.2, 0) is 0 Å². The fourth-order valence-electron chi connectivity index (χ4n) is 1.54. The number of nitrogens with zero attached hydrogens (tertiary/aromatic N) is 3. The van der Waals surface area contributed by atoms with Crippen LogP contribution < -0.4 is 0 Å². The molecule has 15 heavy (non-hydrogen) atoms. The monoisotopic (exact) mass is 203 g/mol. The molecule has 0 amide bonds. The molecule has 0 bridgehead atoms. The van der Waals surface area contributed by atoms with Crippen LogP contribution >= 0.6 is 0 Å².